The second-order valence-corrected chi connectivity index (χ2v) is 7.94. The number of rotatable bonds is 2. The number of hydrogen-bond donors (Lipinski definition) is 1. The van der Waals surface area contributed by atoms with Crippen LogP contribution in [0, 0.1) is 6.92 Å². The second kappa shape index (κ2) is 5.12. The van der Waals surface area contributed by atoms with E-state index in [9.17, 15) is 8.42 Å². The minimum absolute atomic E-state index is 0.266. The lowest BCUT2D eigenvalue weighted by Crippen LogP contribution is -2.31. The average molecular weight is 367 g/mol. The van der Waals surface area contributed by atoms with E-state index in [2.05, 4.69) is 15.9 Å². The van der Waals surface area contributed by atoms with E-state index < -0.39 is 10.0 Å². The molecule has 1 atom stereocenters. The van der Waals surface area contributed by atoms with Gasteiger partial charge in [0.1, 0.15) is 0 Å². The van der Waals surface area contributed by atoms with E-state index in [0.29, 0.717) is 5.69 Å². The summed E-state index contributed by atoms with van der Waals surface area (Å²) in [7, 11) is -3.59. The molecule has 2 aromatic rings. The van der Waals surface area contributed by atoms with E-state index >= 15 is 0 Å². The lowest BCUT2D eigenvalue weighted by molar-refractivity contribution is 0.589. The quantitative estimate of drug-likeness (QED) is 0.888. The summed E-state index contributed by atoms with van der Waals surface area (Å²) >= 11 is 3.38. The lowest BCUT2D eigenvalue weighted by atomic mass is 10.1. The van der Waals surface area contributed by atoms with Crippen molar-refractivity contribution < 1.29 is 8.42 Å². The molecule has 1 aliphatic heterocycles. The van der Waals surface area contributed by atoms with Crippen LogP contribution in [0.4, 0.5) is 5.69 Å². The molecule has 3 rings (SSSR count). The zero-order chi connectivity index (χ0) is 15.2. The van der Waals surface area contributed by atoms with Crippen molar-refractivity contribution in [1.82, 2.24) is 0 Å². The van der Waals surface area contributed by atoms with Crippen molar-refractivity contribution in [2.45, 2.75) is 17.9 Å². The Balaban J connectivity index is 2.10. The summed E-state index contributed by atoms with van der Waals surface area (Å²) in [4.78, 5) is 0.285. The van der Waals surface area contributed by atoms with Crippen molar-refractivity contribution in [2.24, 2.45) is 5.73 Å². The summed E-state index contributed by atoms with van der Waals surface area (Å²) in [6, 6.07) is 12.1. The smallest absolute Gasteiger partial charge is 0.264 e. The predicted molar refractivity (Wildman–Crippen MR) is 86.8 cm³/mol. The Bertz CT molecular complexity index is 788. The highest BCUT2D eigenvalue weighted by atomic mass is 79.9. The van der Waals surface area contributed by atoms with Gasteiger partial charge >= 0.3 is 0 Å². The number of benzene rings is 2. The van der Waals surface area contributed by atoms with Gasteiger partial charge in [-0.1, -0.05) is 39.7 Å². The Morgan fingerprint density at radius 3 is 2.52 bits per heavy atom. The normalized spacial score (nSPS) is 17.9. The Morgan fingerprint density at radius 1 is 1.19 bits per heavy atom. The van der Waals surface area contributed by atoms with Gasteiger partial charge in [-0.2, -0.15) is 0 Å². The fourth-order valence-corrected chi connectivity index (χ4v) is 4.34. The third kappa shape index (κ3) is 2.47. The highest BCUT2D eigenvalue weighted by molar-refractivity contribution is 9.10. The molecule has 0 aliphatic carbocycles. The molecule has 21 heavy (non-hydrogen) atoms. The van der Waals surface area contributed by atoms with E-state index in [1.54, 1.807) is 30.3 Å². The summed E-state index contributed by atoms with van der Waals surface area (Å²) in [5.41, 5.74) is 8.59. The minimum Gasteiger partial charge on any atom is -0.322 e. The van der Waals surface area contributed by atoms with Gasteiger partial charge in [0.25, 0.3) is 10.0 Å². The molecule has 0 radical (unpaired) electrons. The van der Waals surface area contributed by atoms with E-state index in [1.807, 2.05) is 19.1 Å². The van der Waals surface area contributed by atoms with Crippen LogP contribution in [0.15, 0.2) is 51.8 Å². The number of sulfonamides is 1. The molecule has 1 heterocycles. The fraction of sp³-hybridized carbons (Fsp3) is 0.200. The maximum absolute atomic E-state index is 12.8. The highest BCUT2D eigenvalue weighted by Gasteiger charge is 2.35. The Labute approximate surface area is 132 Å². The lowest BCUT2D eigenvalue weighted by Gasteiger charge is -2.20. The zero-order valence-corrected chi connectivity index (χ0v) is 13.9. The maximum Gasteiger partial charge on any atom is 0.264 e. The second-order valence-electron chi connectivity index (χ2n) is 5.16. The van der Waals surface area contributed by atoms with Crippen molar-refractivity contribution in [3.63, 3.8) is 0 Å². The monoisotopic (exact) mass is 366 g/mol. The van der Waals surface area contributed by atoms with Gasteiger partial charge in [-0.15, -0.1) is 0 Å². The molecule has 1 aliphatic rings. The van der Waals surface area contributed by atoms with E-state index in [0.717, 1.165) is 15.6 Å². The number of nitrogens with zero attached hydrogens (tertiary/aromatic N) is 1. The van der Waals surface area contributed by atoms with Gasteiger partial charge in [-0.3, -0.25) is 4.31 Å². The first-order valence-electron chi connectivity index (χ1n) is 6.54. The largest absolute Gasteiger partial charge is 0.322 e. The van der Waals surface area contributed by atoms with E-state index in [1.165, 1.54) is 4.31 Å². The highest BCUT2D eigenvalue weighted by Crippen LogP contribution is 2.38. The van der Waals surface area contributed by atoms with Crippen LogP contribution in [0.2, 0.25) is 0 Å². The molecule has 0 spiro atoms. The summed E-state index contributed by atoms with van der Waals surface area (Å²) in [5, 5.41) is 0. The van der Waals surface area contributed by atoms with Crippen molar-refractivity contribution in [1.29, 1.82) is 0 Å². The minimum atomic E-state index is -3.59. The number of aryl methyl sites for hydroxylation is 1. The number of nitrogens with two attached hydrogens (primary N) is 1. The van der Waals surface area contributed by atoms with Crippen molar-refractivity contribution in [3.05, 3.63) is 58.1 Å². The van der Waals surface area contributed by atoms with Gasteiger partial charge in [0.2, 0.25) is 0 Å². The van der Waals surface area contributed by atoms with Gasteiger partial charge in [0.15, 0.2) is 0 Å². The van der Waals surface area contributed by atoms with Crippen molar-refractivity contribution in [2.75, 3.05) is 10.8 Å². The zero-order valence-electron chi connectivity index (χ0n) is 11.5. The fourth-order valence-electron chi connectivity index (χ4n) is 2.49. The van der Waals surface area contributed by atoms with E-state index in [4.69, 9.17) is 5.73 Å². The number of fused-ring (bicyclic) bond motifs is 1. The molecule has 110 valence electrons. The van der Waals surface area contributed by atoms with Gasteiger partial charge in [0, 0.05) is 4.47 Å². The SMILES string of the molecule is Cc1ccc(S(=O)(=O)N2CC(N)c3ccc(Br)cc32)cc1. The molecule has 0 saturated carbocycles. The number of halogens is 1. The van der Waals surface area contributed by atoms with Crippen LogP contribution in [-0.2, 0) is 10.0 Å². The van der Waals surface area contributed by atoms with Gasteiger partial charge in [0.05, 0.1) is 23.2 Å². The van der Waals surface area contributed by atoms with Crippen LogP contribution in [0.1, 0.15) is 17.2 Å². The molecule has 2 N–H and O–H groups in total. The van der Waals surface area contributed by atoms with Crippen LogP contribution in [0.5, 0.6) is 0 Å². The van der Waals surface area contributed by atoms with E-state index in [-0.39, 0.29) is 17.5 Å². The summed E-state index contributed by atoms with van der Waals surface area (Å²) in [6.45, 7) is 2.19. The topological polar surface area (TPSA) is 63.4 Å². The molecule has 0 amide bonds. The molecule has 0 bridgehead atoms. The predicted octanol–water partition coefficient (Wildman–Crippen LogP) is 2.97. The standard InChI is InChI=1S/C15H15BrN2O2S/c1-10-2-5-12(6-3-10)21(19,20)18-9-14(17)13-7-4-11(16)8-15(13)18/h2-8,14H,9,17H2,1H3. The Morgan fingerprint density at radius 2 is 1.86 bits per heavy atom. The van der Waals surface area contributed by atoms with Crippen LogP contribution < -0.4 is 10.0 Å². The van der Waals surface area contributed by atoms with Crippen molar-refractivity contribution >= 4 is 31.6 Å². The first-order chi connectivity index (χ1) is 9.89. The van der Waals surface area contributed by atoms with Gasteiger partial charge in [-0.25, -0.2) is 8.42 Å². The molecular formula is C15H15BrN2O2S. The number of anilines is 1. The molecule has 2 aromatic carbocycles. The summed E-state index contributed by atoms with van der Waals surface area (Å²) < 4.78 is 27.9. The maximum atomic E-state index is 12.8. The Hall–Kier alpha value is -1.37. The molecular weight excluding hydrogens is 352 g/mol. The van der Waals surface area contributed by atoms with Crippen LogP contribution >= 0.6 is 15.9 Å². The first-order valence-corrected chi connectivity index (χ1v) is 8.77. The molecule has 0 saturated heterocycles. The summed E-state index contributed by atoms with van der Waals surface area (Å²) in [6.07, 6.45) is 0. The van der Waals surface area contributed by atoms with Gasteiger partial charge < -0.3 is 5.73 Å². The molecule has 1 unspecified atom stereocenters. The molecule has 4 nitrogen and oxygen atoms in total. The summed E-state index contributed by atoms with van der Waals surface area (Å²) in [5.74, 6) is 0. The Kier molecular flexibility index (Phi) is 3.55. The van der Waals surface area contributed by atoms with Crippen molar-refractivity contribution in [3.8, 4) is 0 Å². The molecule has 0 aromatic heterocycles. The third-order valence-electron chi connectivity index (χ3n) is 3.63. The average Bonchev–Trinajstić information content (AvgIpc) is 2.76. The van der Waals surface area contributed by atoms with Crippen LogP contribution in [0.25, 0.3) is 0 Å². The number of hydrogen-bond acceptors (Lipinski definition) is 3. The first kappa shape index (κ1) is 14.6. The molecule has 6 heteroatoms. The van der Waals surface area contributed by atoms with Crippen LogP contribution in [0.3, 0.4) is 0 Å². The van der Waals surface area contributed by atoms with Crippen LogP contribution in [-0.4, -0.2) is 15.0 Å². The van der Waals surface area contributed by atoms with Gasteiger partial charge in [-0.05, 0) is 36.8 Å². The third-order valence-corrected chi connectivity index (χ3v) is 5.92. The molecule has 0 fully saturated rings.